The number of anilines is 2. The number of thiophene rings is 1. The highest BCUT2D eigenvalue weighted by Crippen LogP contribution is 2.29. The Bertz CT molecular complexity index is 503. The van der Waals surface area contributed by atoms with Gasteiger partial charge in [0.05, 0.1) is 23.4 Å². The summed E-state index contributed by atoms with van der Waals surface area (Å²) in [5.74, 6) is -0.168. The fraction of sp³-hybridized carbons (Fsp3) is 0.500. The average molecular weight is 310 g/mol. The molecule has 0 aromatic carbocycles. The third kappa shape index (κ3) is 4.45. The molecule has 6 nitrogen and oxygen atoms in total. The molecule has 2 heterocycles. The first-order valence-electron chi connectivity index (χ1n) is 6.92. The Morgan fingerprint density at radius 1 is 1.71 bits per heavy atom. The molecule has 116 valence electrons. The Morgan fingerprint density at radius 2 is 2.52 bits per heavy atom. The molecule has 21 heavy (non-hydrogen) atoms. The van der Waals surface area contributed by atoms with Gasteiger partial charge in [-0.3, -0.25) is 4.79 Å². The molecule has 1 aliphatic heterocycles. The lowest BCUT2D eigenvalue weighted by atomic mass is 10.3. The smallest absolute Gasteiger partial charge is 0.263 e. The first kappa shape index (κ1) is 15.8. The number of amides is 1. The van der Waals surface area contributed by atoms with Crippen LogP contribution in [0.25, 0.3) is 0 Å². The number of nitrogen functional groups attached to an aromatic ring is 1. The van der Waals surface area contributed by atoms with Gasteiger partial charge in [0.15, 0.2) is 0 Å². The molecule has 0 radical (unpaired) electrons. The maximum atomic E-state index is 11.9. The van der Waals surface area contributed by atoms with E-state index in [0.29, 0.717) is 23.7 Å². The number of morpholine rings is 1. The van der Waals surface area contributed by atoms with Crippen molar-refractivity contribution in [2.75, 3.05) is 50.9 Å². The summed E-state index contributed by atoms with van der Waals surface area (Å²) in [6, 6.07) is 1.79. The summed E-state index contributed by atoms with van der Waals surface area (Å²) in [6.07, 6.45) is 1.79. The average Bonchev–Trinajstić information content (AvgIpc) is 2.84. The maximum Gasteiger partial charge on any atom is 0.263 e. The van der Waals surface area contributed by atoms with E-state index in [1.807, 2.05) is 0 Å². The van der Waals surface area contributed by atoms with E-state index in [0.717, 1.165) is 24.7 Å². The predicted octanol–water partition coefficient (Wildman–Crippen LogP) is 0.989. The van der Waals surface area contributed by atoms with Crippen molar-refractivity contribution in [3.8, 4) is 0 Å². The molecule has 0 saturated carbocycles. The molecule has 7 heteroatoms. The fourth-order valence-electron chi connectivity index (χ4n) is 2.12. The van der Waals surface area contributed by atoms with Gasteiger partial charge in [0.2, 0.25) is 0 Å². The molecule has 1 fully saturated rings. The van der Waals surface area contributed by atoms with Crippen LogP contribution in [-0.4, -0.2) is 56.7 Å². The van der Waals surface area contributed by atoms with E-state index in [1.165, 1.54) is 11.3 Å². The van der Waals surface area contributed by atoms with Crippen molar-refractivity contribution >= 4 is 27.9 Å². The number of nitrogens with two attached hydrogens (primary N) is 1. The molecule has 1 aromatic rings. The highest BCUT2D eigenvalue weighted by atomic mass is 32.1. The second-order valence-corrected chi connectivity index (χ2v) is 6.08. The second kappa shape index (κ2) is 7.44. The third-order valence-electron chi connectivity index (χ3n) is 3.22. The lowest BCUT2D eigenvalue weighted by Gasteiger charge is -2.30. The summed E-state index contributed by atoms with van der Waals surface area (Å²) >= 11 is 1.36. The van der Waals surface area contributed by atoms with Crippen LogP contribution in [0, 0.1) is 0 Å². The fourth-order valence-corrected chi connectivity index (χ4v) is 3.02. The normalized spacial score (nSPS) is 19.2. The molecule has 0 bridgehead atoms. The SMILES string of the molecule is C=CCNC(=O)c1sc(NCC2CN(C)CCO2)cc1N. The molecule has 4 N–H and O–H groups in total. The van der Waals surface area contributed by atoms with Gasteiger partial charge in [-0.1, -0.05) is 6.08 Å². The first-order valence-corrected chi connectivity index (χ1v) is 7.74. The number of carbonyl (C=O) groups is 1. The minimum Gasteiger partial charge on any atom is -0.397 e. The standard InChI is InChI=1S/C14H22N4O2S/c1-3-4-16-14(19)13-11(15)7-12(21-13)17-8-10-9-18(2)5-6-20-10/h3,7,10,17H,1,4-6,8-9,15H2,2H3,(H,16,19). The van der Waals surface area contributed by atoms with E-state index in [9.17, 15) is 4.79 Å². The number of likely N-dealkylation sites (N-methyl/N-ethyl adjacent to an activating group) is 1. The molecule has 1 saturated heterocycles. The Labute approximate surface area is 129 Å². The van der Waals surface area contributed by atoms with Gasteiger partial charge in [-0.25, -0.2) is 0 Å². The van der Waals surface area contributed by atoms with E-state index >= 15 is 0 Å². The van der Waals surface area contributed by atoms with Crippen molar-refractivity contribution in [3.63, 3.8) is 0 Å². The van der Waals surface area contributed by atoms with Crippen LogP contribution in [0.2, 0.25) is 0 Å². The first-order chi connectivity index (χ1) is 10.1. The molecular weight excluding hydrogens is 288 g/mol. The van der Waals surface area contributed by atoms with E-state index in [-0.39, 0.29) is 12.0 Å². The molecular formula is C14H22N4O2S. The minimum atomic E-state index is -0.168. The van der Waals surface area contributed by atoms with Gasteiger partial charge in [-0.05, 0) is 13.1 Å². The summed E-state index contributed by atoms with van der Waals surface area (Å²) in [5.41, 5.74) is 6.38. The van der Waals surface area contributed by atoms with Crippen LogP contribution >= 0.6 is 11.3 Å². The quantitative estimate of drug-likeness (QED) is 0.683. The number of nitrogens with zero attached hydrogens (tertiary/aromatic N) is 1. The van der Waals surface area contributed by atoms with Crippen LogP contribution in [0.4, 0.5) is 10.7 Å². The molecule has 1 aromatic heterocycles. The molecule has 1 unspecified atom stereocenters. The van der Waals surface area contributed by atoms with Crippen molar-refractivity contribution in [2.24, 2.45) is 0 Å². The second-order valence-electron chi connectivity index (χ2n) is 5.03. The van der Waals surface area contributed by atoms with Crippen LogP contribution in [0.1, 0.15) is 9.67 Å². The number of hydrogen-bond donors (Lipinski definition) is 3. The topological polar surface area (TPSA) is 79.6 Å². The van der Waals surface area contributed by atoms with E-state index in [2.05, 4.69) is 29.2 Å². The lowest BCUT2D eigenvalue weighted by molar-refractivity contribution is -0.0116. The lowest BCUT2D eigenvalue weighted by Crippen LogP contribution is -2.43. The number of rotatable bonds is 6. The molecule has 0 aliphatic carbocycles. The number of nitrogens with one attached hydrogen (secondary N) is 2. The zero-order valence-electron chi connectivity index (χ0n) is 12.2. The van der Waals surface area contributed by atoms with E-state index < -0.39 is 0 Å². The number of carbonyl (C=O) groups excluding carboxylic acids is 1. The van der Waals surface area contributed by atoms with Gasteiger partial charge in [0, 0.05) is 26.2 Å². The molecule has 1 atom stereocenters. The molecule has 1 aliphatic rings. The summed E-state index contributed by atoms with van der Waals surface area (Å²) in [7, 11) is 2.08. The molecule has 2 rings (SSSR count). The number of hydrogen-bond acceptors (Lipinski definition) is 6. The van der Waals surface area contributed by atoms with Crippen molar-refractivity contribution in [1.82, 2.24) is 10.2 Å². The van der Waals surface area contributed by atoms with Gasteiger partial charge in [-0.15, -0.1) is 17.9 Å². The monoisotopic (exact) mass is 310 g/mol. The van der Waals surface area contributed by atoms with Crippen molar-refractivity contribution in [3.05, 3.63) is 23.6 Å². The minimum absolute atomic E-state index is 0.158. The third-order valence-corrected chi connectivity index (χ3v) is 4.33. The van der Waals surface area contributed by atoms with E-state index in [4.69, 9.17) is 10.5 Å². The Balaban J connectivity index is 1.89. The summed E-state index contributed by atoms with van der Waals surface area (Å²) in [6.45, 7) is 7.33. The van der Waals surface area contributed by atoms with Gasteiger partial charge in [0.25, 0.3) is 5.91 Å². The Morgan fingerprint density at radius 3 is 3.24 bits per heavy atom. The maximum absolute atomic E-state index is 11.9. The van der Waals surface area contributed by atoms with Crippen LogP contribution in [-0.2, 0) is 4.74 Å². The van der Waals surface area contributed by atoms with E-state index in [1.54, 1.807) is 12.1 Å². The van der Waals surface area contributed by atoms with Crippen LogP contribution in [0.5, 0.6) is 0 Å². The number of ether oxygens (including phenoxy) is 1. The van der Waals surface area contributed by atoms with Crippen LogP contribution < -0.4 is 16.4 Å². The van der Waals surface area contributed by atoms with Crippen molar-refractivity contribution < 1.29 is 9.53 Å². The van der Waals surface area contributed by atoms with Crippen LogP contribution in [0.15, 0.2) is 18.7 Å². The van der Waals surface area contributed by atoms with Crippen molar-refractivity contribution in [2.45, 2.75) is 6.10 Å². The van der Waals surface area contributed by atoms with Gasteiger partial charge >= 0.3 is 0 Å². The summed E-state index contributed by atoms with van der Waals surface area (Å²) < 4.78 is 5.69. The molecule has 0 spiro atoms. The Kier molecular flexibility index (Phi) is 5.60. The zero-order valence-corrected chi connectivity index (χ0v) is 13.0. The largest absolute Gasteiger partial charge is 0.397 e. The summed E-state index contributed by atoms with van der Waals surface area (Å²) in [5, 5.41) is 6.90. The highest BCUT2D eigenvalue weighted by Gasteiger charge is 2.18. The summed E-state index contributed by atoms with van der Waals surface area (Å²) in [4.78, 5) is 14.7. The van der Waals surface area contributed by atoms with Gasteiger partial charge in [0.1, 0.15) is 4.88 Å². The molecule has 1 amide bonds. The van der Waals surface area contributed by atoms with Crippen molar-refractivity contribution in [1.29, 1.82) is 0 Å². The zero-order chi connectivity index (χ0) is 15.2. The predicted molar refractivity (Wildman–Crippen MR) is 87.0 cm³/mol. The van der Waals surface area contributed by atoms with Gasteiger partial charge in [-0.2, -0.15) is 0 Å². The van der Waals surface area contributed by atoms with Gasteiger partial charge < -0.3 is 26.0 Å². The van der Waals surface area contributed by atoms with Crippen LogP contribution in [0.3, 0.4) is 0 Å². The highest BCUT2D eigenvalue weighted by molar-refractivity contribution is 7.18. The Hall–Kier alpha value is -1.57.